The lowest BCUT2D eigenvalue weighted by Crippen LogP contribution is -2.00. The van der Waals surface area contributed by atoms with E-state index in [9.17, 15) is 9.90 Å². The first kappa shape index (κ1) is 18.6. The van der Waals surface area contributed by atoms with Gasteiger partial charge in [0.1, 0.15) is 18.1 Å². The van der Waals surface area contributed by atoms with Gasteiger partial charge in [-0.15, -0.1) is 0 Å². The zero-order chi connectivity index (χ0) is 20.2. The highest BCUT2D eigenvalue weighted by Gasteiger charge is 2.10. The average Bonchev–Trinajstić information content (AvgIpc) is 2.77. The minimum Gasteiger partial charge on any atom is -0.507 e. The van der Waals surface area contributed by atoms with E-state index in [1.165, 1.54) is 7.11 Å². The first-order chi connectivity index (χ1) is 14.1. The van der Waals surface area contributed by atoms with Gasteiger partial charge in [0.2, 0.25) is 0 Å². The van der Waals surface area contributed by atoms with Crippen LogP contribution in [0.5, 0.6) is 11.5 Å². The fourth-order valence-corrected chi connectivity index (χ4v) is 3.23. The van der Waals surface area contributed by atoms with Gasteiger partial charge in [0.25, 0.3) is 0 Å². The maximum absolute atomic E-state index is 11.6. The van der Waals surface area contributed by atoms with Gasteiger partial charge in [0.15, 0.2) is 0 Å². The van der Waals surface area contributed by atoms with E-state index >= 15 is 0 Å². The van der Waals surface area contributed by atoms with Gasteiger partial charge in [-0.2, -0.15) is 0 Å². The molecule has 0 unspecified atom stereocenters. The maximum Gasteiger partial charge on any atom is 0.337 e. The Morgan fingerprint density at radius 2 is 1.62 bits per heavy atom. The lowest BCUT2D eigenvalue weighted by molar-refractivity contribution is 0.0601. The molecule has 4 heteroatoms. The second kappa shape index (κ2) is 8.07. The number of benzene rings is 4. The average molecular weight is 384 g/mol. The summed E-state index contributed by atoms with van der Waals surface area (Å²) >= 11 is 0. The monoisotopic (exact) mass is 384 g/mol. The number of esters is 1. The van der Waals surface area contributed by atoms with Gasteiger partial charge in [-0.3, -0.25) is 0 Å². The molecule has 0 saturated heterocycles. The number of methoxy groups -OCH3 is 1. The molecule has 4 nitrogen and oxygen atoms in total. The number of rotatable bonds is 5. The van der Waals surface area contributed by atoms with Crippen molar-refractivity contribution in [2.45, 2.75) is 6.61 Å². The Hall–Kier alpha value is -3.79. The van der Waals surface area contributed by atoms with Crippen molar-refractivity contribution in [2.75, 3.05) is 7.11 Å². The van der Waals surface area contributed by atoms with E-state index in [0.717, 1.165) is 27.6 Å². The Morgan fingerprint density at radius 3 is 2.34 bits per heavy atom. The lowest BCUT2D eigenvalue weighted by atomic mass is 9.99. The van der Waals surface area contributed by atoms with Gasteiger partial charge in [-0.05, 0) is 58.3 Å². The predicted octanol–water partition coefficient (Wildman–Crippen LogP) is 5.58. The van der Waals surface area contributed by atoms with Gasteiger partial charge >= 0.3 is 5.97 Å². The van der Waals surface area contributed by atoms with Crippen molar-refractivity contribution < 1.29 is 19.4 Å². The summed E-state index contributed by atoms with van der Waals surface area (Å²) in [5.41, 5.74) is 3.09. The molecule has 0 aliphatic rings. The molecule has 0 heterocycles. The highest BCUT2D eigenvalue weighted by Crippen LogP contribution is 2.35. The van der Waals surface area contributed by atoms with E-state index in [1.54, 1.807) is 30.3 Å². The second-order valence-corrected chi connectivity index (χ2v) is 6.72. The number of hydrogen-bond donors (Lipinski definition) is 1. The number of carbonyl (C=O) groups excluding carboxylic acids is 1. The van der Waals surface area contributed by atoms with Crippen molar-refractivity contribution in [3.05, 3.63) is 96.1 Å². The number of phenols is 1. The van der Waals surface area contributed by atoms with Crippen LogP contribution in [0.1, 0.15) is 15.9 Å². The van der Waals surface area contributed by atoms with Crippen LogP contribution in [-0.4, -0.2) is 18.2 Å². The predicted molar refractivity (Wildman–Crippen MR) is 113 cm³/mol. The van der Waals surface area contributed by atoms with Crippen molar-refractivity contribution in [1.82, 2.24) is 0 Å². The minimum absolute atomic E-state index is 0.170. The highest BCUT2D eigenvalue weighted by atomic mass is 16.5. The smallest absolute Gasteiger partial charge is 0.337 e. The van der Waals surface area contributed by atoms with E-state index in [1.807, 2.05) is 54.6 Å². The van der Waals surface area contributed by atoms with Crippen LogP contribution >= 0.6 is 0 Å². The molecule has 0 bridgehead atoms. The SMILES string of the molecule is COC(=O)c1ccc(-c2cc3ccc(OCc4ccccc4)cc3cc2O)cc1. The van der Waals surface area contributed by atoms with Crippen LogP contribution in [0.2, 0.25) is 0 Å². The fourth-order valence-electron chi connectivity index (χ4n) is 3.23. The molecule has 0 amide bonds. The van der Waals surface area contributed by atoms with Gasteiger partial charge in [-0.1, -0.05) is 48.5 Å². The quantitative estimate of drug-likeness (QED) is 0.457. The lowest BCUT2D eigenvalue weighted by Gasteiger charge is -2.11. The summed E-state index contributed by atoms with van der Waals surface area (Å²) in [6.45, 7) is 0.489. The summed E-state index contributed by atoms with van der Waals surface area (Å²) < 4.78 is 10.6. The third-order valence-electron chi connectivity index (χ3n) is 4.79. The molecule has 0 atom stereocenters. The van der Waals surface area contributed by atoms with Crippen LogP contribution in [0.4, 0.5) is 0 Å². The summed E-state index contributed by atoms with van der Waals surface area (Å²) in [7, 11) is 1.35. The minimum atomic E-state index is -0.387. The molecule has 29 heavy (non-hydrogen) atoms. The topological polar surface area (TPSA) is 55.8 Å². The zero-order valence-electron chi connectivity index (χ0n) is 16.0. The summed E-state index contributed by atoms with van der Waals surface area (Å²) in [6.07, 6.45) is 0. The largest absolute Gasteiger partial charge is 0.507 e. The van der Waals surface area contributed by atoms with Crippen molar-refractivity contribution >= 4 is 16.7 Å². The van der Waals surface area contributed by atoms with E-state index in [0.29, 0.717) is 17.7 Å². The molecule has 0 spiro atoms. The van der Waals surface area contributed by atoms with E-state index in [4.69, 9.17) is 9.47 Å². The van der Waals surface area contributed by atoms with E-state index < -0.39 is 0 Å². The summed E-state index contributed by atoms with van der Waals surface area (Å²) in [6, 6.07) is 26.4. The van der Waals surface area contributed by atoms with E-state index in [2.05, 4.69) is 0 Å². The molecule has 0 fully saturated rings. The Balaban J connectivity index is 1.59. The molecule has 144 valence electrons. The highest BCUT2D eigenvalue weighted by molar-refractivity contribution is 5.93. The standard InChI is InChI=1S/C25H20O4/c1-28-25(27)19-9-7-18(8-10-19)23-14-20-11-12-22(13-21(20)15-24(23)26)29-16-17-5-3-2-4-6-17/h2-15,26H,16H2,1H3. The van der Waals surface area contributed by atoms with Crippen LogP contribution in [0.3, 0.4) is 0 Å². The molecule has 0 radical (unpaired) electrons. The Bertz CT molecular complexity index is 1150. The fraction of sp³-hybridized carbons (Fsp3) is 0.0800. The molecular weight excluding hydrogens is 364 g/mol. The maximum atomic E-state index is 11.6. The van der Waals surface area contributed by atoms with Gasteiger partial charge < -0.3 is 14.6 Å². The third kappa shape index (κ3) is 4.06. The Morgan fingerprint density at radius 1 is 0.862 bits per heavy atom. The summed E-state index contributed by atoms with van der Waals surface area (Å²) in [5.74, 6) is 0.529. The summed E-state index contributed by atoms with van der Waals surface area (Å²) in [4.78, 5) is 11.6. The van der Waals surface area contributed by atoms with Crippen molar-refractivity contribution in [1.29, 1.82) is 0 Å². The third-order valence-corrected chi connectivity index (χ3v) is 4.79. The molecule has 4 aromatic carbocycles. The molecule has 4 rings (SSSR count). The molecule has 0 aliphatic carbocycles. The van der Waals surface area contributed by atoms with Crippen LogP contribution < -0.4 is 4.74 Å². The summed E-state index contributed by atoms with van der Waals surface area (Å²) in [5, 5.41) is 12.4. The van der Waals surface area contributed by atoms with Crippen molar-refractivity contribution in [2.24, 2.45) is 0 Å². The van der Waals surface area contributed by atoms with Crippen LogP contribution in [-0.2, 0) is 11.3 Å². The van der Waals surface area contributed by atoms with Gasteiger partial charge in [0, 0.05) is 5.56 Å². The van der Waals surface area contributed by atoms with Gasteiger partial charge in [-0.25, -0.2) is 4.79 Å². The number of fused-ring (bicyclic) bond motifs is 1. The number of phenolic OH excluding ortho intramolecular Hbond substituents is 1. The van der Waals surface area contributed by atoms with Crippen LogP contribution in [0, 0.1) is 0 Å². The number of aromatic hydroxyl groups is 1. The zero-order valence-corrected chi connectivity index (χ0v) is 16.0. The first-order valence-electron chi connectivity index (χ1n) is 9.26. The Kier molecular flexibility index (Phi) is 5.16. The molecule has 0 aliphatic heterocycles. The second-order valence-electron chi connectivity index (χ2n) is 6.72. The van der Waals surface area contributed by atoms with Gasteiger partial charge in [0.05, 0.1) is 12.7 Å². The number of ether oxygens (including phenoxy) is 2. The number of hydrogen-bond acceptors (Lipinski definition) is 4. The molecule has 0 aromatic heterocycles. The molecular formula is C25H20O4. The molecule has 1 N–H and O–H groups in total. The van der Waals surface area contributed by atoms with Crippen molar-refractivity contribution in [3.63, 3.8) is 0 Å². The normalized spacial score (nSPS) is 10.7. The van der Waals surface area contributed by atoms with Crippen LogP contribution in [0.25, 0.3) is 21.9 Å². The van der Waals surface area contributed by atoms with E-state index in [-0.39, 0.29) is 11.7 Å². The molecule has 0 saturated carbocycles. The molecule has 4 aromatic rings. The Labute approximate surface area is 169 Å². The number of carbonyl (C=O) groups is 1. The van der Waals surface area contributed by atoms with Crippen LogP contribution in [0.15, 0.2) is 84.9 Å². The van der Waals surface area contributed by atoms with Crippen molar-refractivity contribution in [3.8, 4) is 22.6 Å². The first-order valence-corrected chi connectivity index (χ1v) is 9.26.